The highest BCUT2D eigenvalue weighted by Crippen LogP contribution is 2.14. The Bertz CT molecular complexity index is 457. The van der Waals surface area contributed by atoms with E-state index in [4.69, 9.17) is 0 Å². The molecule has 0 spiro atoms. The van der Waals surface area contributed by atoms with Gasteiger partial charge < -0.3 is 9.84 Å². The molecule has 5 nitrogen and oxygen atoms in total. The van der Waals surface area contributed by atoms with Gasteiger partial charge in [-0.2, -0.15) is 0 Å². The Morgan fingerprint density at radius 1 is 1.26 bits per heavy atom. The number of carbonyl (C=O) groups is 3. The molecule has 0 bridgehead atoms. The molecule has 0 amide bonds. The van der Waals surface area contributed by atoms with Gasteiger partial charge in [-0.3, -0.25) is 9.59 Å². The van der Waals surface area contributed by atoms with Crippen molar-refractivity contribution in [1.29, 1.82) is 0 Å². The zero-order valence-corrected chi connectivity index (χ0v) is 11.2. The molecular formula is C13H14O5S. The quantitative estimate of drug-likeness (QED) is 0.650. The predicted octanol–water partition coefficient (Wildman–Crippen LogP) is 1.46. The van der Waals surface area contributed by atoms with Crippen molar-refractivity contribution in [3.8, 4) is 0 Å². The zero-order chi connectivity index (χ0) is 14.3. The Kier molecular flexibility index (Phi) is 6.24. The number of hydrogen-bond donors (Lipinski definition) is 1. The van der Waals surface area contributed by atoms with Gasteiger partial charge in [-0.15, -0.1) is 0 Å². The summed E-state index contributed by atoms with van der Waals surface area (Å²) in [5.74, 6) is -1.51. The standard InChI is InChI=1S/C13H14O5S/c1-9(14)19-8-7-11(15)18-13(17)12(16)10-5-3-2-4-6-10/h2-6,12,16H,7-8H2,1H3. The van der Waals surface area contributed by atoms with E-state index < -0.39 is 18.0 Å². The molecule has 1 unspecified atom stereocenters. The van der Waals surface area contributed by atoms with Crippen LogP contribution in [0.2, 0.25) is 0 Å². The molecule has 0 aliphatic carbocycles. The summed E-state index contributed by atoms with van der Waals surface area (Å²) in [5, 5.41) is 9.56. The van der Waals surface area contributed by atoms with Gasteiger partial charge in [0.15, 0.2) is 11.2 Å². The van der Waals surface area contributed by atoms with E-state index in [9.17, 15) is 19.5 Å². The summed E-state index contributed by atoms with van der Waals surface area (Å²) in [4.78, 5) is 33.4. The van der Waals surface area contributed by atoms with Crippen LogP contribution in [0, 0.1) is 0 Å². The van der Waals surface area contributed by atoms with Gasteiger partial charge in [0, 0.05) is 12.7 Å². The van der Waals surface area contributed by atoms with Crippen LogP contribution in [0.3, 0.4) is 0 Å². The molecule has 0 aliphatic rings. The second-order valence-corrected chi connectivity index (χ2v) is 4.97. The van der Waals surface area contributed by atoms with E-state index in [0.29, 0.717) is 5.56 Å². The molecular weight excluding hydrogens is 268 g/mol. The SMILES string of the molecule is CC(=O)SCCC(=O)OC(=O)C(O)c1ccccc1. The molecule has 0 aromatic heterocycles. The zero-order valence-electron chi connectivity index (χ0n) is 10.4. The van der Waals surface area contributed by atoms with Gasteiger partial charge in [0.05, 0.1) is 6.42 Å². The molecule has 1 aromatic carbocycles. The third-order valence-electron chi connectivity index (χ3n) is 2.16. The molecule has 0 aliphatic heterocycles. The van der Waals surface area contributed by atoms with Crippen molar-refractivity contribution in [3.63, 3.8) is 0 Å². The highest BCUT2D eigenvalue weighted by atomic mass is 32.2. The lowest BCUT2D eigenvalue weighted by Crippen LogP contribution is -2.20. The summed E-state index contributed by atoms with van der Waals surface area (Å²) in [5.41, 5.74) is 0.360. The molecule has 0 saturated carbocycles. The van der Waals surface area contributed by atoms with Crippen LogP contribution in [-0.2, 0) is 19.1 Å². The first-order valence-electron chi connectivity index (χ1n) is 5.61. The van der Waals surface area contributed by atoms with Gasteiger partial charge >= 0.3 is 11.9 Å². The van der Waals surface area contributed by atoms with Gasteiger partial charge in [0.25, 0.3) is 0 Å². The van der Waals surface area contributed by atoms with Crippen LogP contribution in [0.5, 0.6) is 0 Å². The van der Waals surface area contributed by atoms with Crippen molar-refractivity contribution in [2.45, 2.75) is 19.4 Å². The van der Waals surface area contributed by atoms with Crippen LogP contribution in [0.4, 0.5) is 0 Å². The van der Waals surface area contributed by atoms with Gasteiger partial charge in [-0.1, -0.05) is 42.1 Å². The number of ether oxygens (including phenoxy) is 1. The Morgan fingerprint density at radius 3 is 2.47 bits per heavy atom. The maximum Gasteiger partial charge on any atom is 0.347 e. The first kappa shape index (κ1) is 15.4. The lowest BCUT2D eigenvalue weighted by molar-refractivity contribution is -0.165. The van der Waals surface area contributed by atoms with Gasteiger partial charge in [0.2, 0.25) is 0 Å². The molecule has 0 heterocycles. The fraction of sp³-hybridized carbons (Fsp3) is 0.308. The molecule has 0 radical (unpaired) electrons. The normalized spacial score (nSPS) is 11.7. The number of carbonyl (C=O) groups excluding carboxylic acids is 3. The first-order chi connectivity index (χ1) is 9.00. The molecule has 1 aromatic rings. The van der Waals surface area contributed by atoms with Crippen molar-refractivity contribution >= 4 is 28.8 Å². The lowest BCUT2D eigenvalue weighted by atomic mass is 10.1. The van der Waals surface area contributed by atoms with E-state index in [1.165, 1.54) is 6.92 Å². The van der Waals surface area contributed by atoms with Crippen molar-refractivity contribution in [3.05, 3.63) is 35.9 Å². The van der Waals surface area contributed by atoms with E-state index in [-0.39, 0.29) is 17.3 Å². The van der Waals surface area contributed by atoms with Crippen LogP contribution < -0.4 is 0 Å². The topological polar surface area (TPSA) is 80.7 Å². The number of aliphatic hydroxyl groups excluding tert-OH is 1. The molecule has 0 fully saturated rings. The number of hydrogen-bond acceptors (Lipinski definition) is 6. The maximum absolute atomic E-state index is 11.5. The molecule has 1 N–H and O–H groups in total. The molecule has 102 valence electrons. The summed E-state index contributed by atoms with van der Waals surface area (Å²) in [7, 11) is 0. The molecule has 1 atom stereocenters. The number of benzene rings is 1. The monoisotopic (exact) mass is 282 g/mol. The minimum Gasteiger partial charge on any atom is -0.391 e. The van der Waals surface area contributed by atoms with Crippen molar-refractivity contribution in [2.75, 3.05) is 5.75 Å². The second-order valence-electron chi connectivity index (χ2n) is 3.70. The van der Waals surface area contributed by atoms with Crippen LogP contribution in [0.1, 0.15) is 25.0 Å². The van der Waals surface area contributed by atoms with E-state index in [1.807, 2.05) is 0 Å². The minimum atomic E-state index is -1.48. The number of rotatable bonds is 5. The number of esters is 2. The third-order valence-corrected chi connectivity index (χ3v) is 2.98. The van der Waals surface area contributed by atoms with Gasteiger partial charge in [0.1, 0.15) is 0 Å². The third kappa shape index (κ3) is 5.67. The van der Waals surface area contributed by atoms with E-state index in [0.717, 1.165) is 11.8 Å². The number of thioether (sulfide) groups is 1. The summed E-state index contributed by atoms with van der Waals surface area (Å²) < 4.78 is 4.50. The van der Waals surface area contributed by atoms with Gasteiger partial charge in [-0.05, 0) is 5.56 Å². The van der Waals surface area contributed by atoms with E-state index in [1.54, 1.807) is 30.3 Å². The molecule has 6 heteroatoms. The highest BCUT2D eigenvalue weighted by Gasteiger charge is 2.21. The largest absolute Gasteiger partial charge is 0.391 e. The van der Waals surface area contributed by atoms with E-state index >= 15 is 0 Å². The van der Waals surface area contributed by atoms with Crippen molar-refractivity contribution in [1.82, 2.24) is 0 Å². The van der Waals surface area contributed by atoms with E-state index in [2.05, 4.69) is 4.74 Å². The Morgan fingerprint density at radius 2 is 1.89 bits per heavy atom. The van der Waals surface area contributed by atoms with Gasteiger partial charge in [-0.25, -0.2) is 4.79 Å². The summed E-state index contributed by atoms with van der Waals surface area (Å²) in [6, 6.07) is 8.18. The average molecular weight is 282 g/mol. The molecule has 0 saturated heterocycles. The first-order valence-corrected chi connectivity index (χ1v) is 6.60. The summed E-state index contributed by atoms with van der Waals surface area (Å²) in [6.45, 7) is 1.39. The van der Waals surface area contributed by atoms with Crippen molar-refractivity contribution in [2.24, 2.45) is 0 Å². The van der Waals surface area contributed by atoms with Crippen molar-refractivity contribution < 1.29 is 24.2 Å². The van der Waals surface area contributed by atoms with Crippen LogP contribution in [0.25, 0.3) is 0 Å². The summed E-state index contributed by atoms with van der Waals surface area (Å²) >= 11 is 0.978. The predicted molar refractivity (Wildman–Crippen MR) is 70.3 cm³/mol. The second kappa shape index (κ2) is 7.70. The molecule has 1 rings (SSSR count). The fourth-order valence-corrected chi connectivity index (χ4v) is 1.82. The highest BCUT2D eigenvalue weighted by molar-refractivity contribution is 8.13. The van der Waals surface area contributed by atoms with Crippen LogP contribution in [0.15, 0.2) is 30.3 Å². The maximum atomic E-state index is 11.5. The number of aliphatic hydroxyl groups is 1. The minimum absolute atomic E-state index is 0.0580. The molecule has 19 heavy (non-hydrogen) atoms. The Hall–Kier alpha value is -1.66. The lowest BCUT2D eigenvalue weighted by Gasteiger charge is -2.09. The summed E-state index contributed by atoms with van der Waals surface area (Å²) in [6.07, 6.45) is -1.54. The Labute approximate surface area is 115 Å². The Balaban J connectivity index is 2.42. The fourth-order valence-electron chi connectivity index (χ4n) is 1.27. The average Bonchev–Trinajstić information content (AvgIpc) is 2.38. The smallest absolute Gasteiger partial charge is 0.347 e. The van der Waals surface area contributed by atoms with Crippen LogP contribution >= 0.6 is 11.8 Å². The van der Waals surface area contributed by atoms with Crippen LogP contribution in [-0.4, -0.2) is 27.9 Å².